The zero-order chi connectivity index (χ0) is 20.5. The van der Waals surface area contributed by atoms with Gasteiger partial charge >= 0.3 is 0 Å². The minimum Gasteiger partial charge on any atom is -0.497 e. The number of aromatic nitrogens is 1. The fourth-order valence-corrected chi connectivity index (χ4v) is 5.12. The van der Waals surface area contributed by atoms with Gasteiger partial charge in [0.1, 0.15) is 11.0 Å². The minimum atomic E-state index is -0.326. The molecule has 29 heavy (non-hydrogen) atoms. The number of aryl methyl sites for hydroxylation is 2. The number of thioether (sulfide) groups is 1. The number of carbonyl (C=O) groups is 1. The van der Waals surface area contributed by atoms with Gasteiger partial charge in [-0.3, -0.25) is 9.47 Å². The minimum absolute atomic E-state index is 0.0288. The molecule has 5 nitrogen and oxygen atoms in total. The first-order chi connectivity index (χ1) is 14.0. The van der Waals surface area contributed by atoms with Crippen LogP contribution >= 0.6 is 27.7 Å². The van der Waals surface area contributed by atoms with Gasteiger partial charge in [-0.05, 0) is 67.4 Å². The summed E-state index contributed by atoms with van der Waals surface area (Å²) in [7, 11) is 1.65. The van der Waals surface area contributed by atoms with Crippen molar-refractivity contribution in [3.63, 3.8) is 0 Å². The molecule has 1 amide bonds. The quantitative estimate of drug-likeness (QED) is 0.543. The molecule has 1 aromatic heterocycles. The molecular formula is C22H22BrN3O2S. The zero-order valence-corrected chi connectivity index (χ0v) is 18.8. The van der Waals surface area contributed by atoms with Crippen molar-refractivity contribution in [1.29, 1.82) is 0 Å². The van der Waals surface area contributed by atoms with Crippen LogP contribution in [0, 0.1) is 13.8 Å². The Balaban J connectivity index is 1.66. The molecule has 0 saturated carbocycles. The number of methoxy groups -OCH3 is 1. The lowest BCUT2D eigenvalue weighted by Crippen LogP contribution is -2.41. The predicted octanol–water partition coefficient (Wildman–Crippen LogP) is 5.27. The number of hydrogen-bond acceptors (Lipinski definition) is 4. The smallest absolute Gasteiger partial charge is 0.240 e. The second-order valence-corrected chi connectivity index (χ2v) is 9.09. The van der Waals surface area contributed by atoms with Gasteiger partial charge < -0.3 is 15.5 Å². The average molecular weight is 472 g/mol. The Labute approximate surface area is 182 Å². The summed E-state index contributed by atoms with van der Waals surface area (Å²) in [5.41, 5.74) is 7.50. The molecule has 2 aromatic carbocycles. The van der Waals surface area contributed by atoms with Crippen molar-refractivity contribution in [3.05, 3.63) is 75.9 Å². The highest BCUT2D eigenvalue weighted by Gasteiger charge is 2.36. The third-order valence-corrected chi connectivity index (χ3v) is 6.83. The maximum absolute atomic E-state index is 13.3. The van der Waals surface area contributed by atoms with Crippen LogP contribution in [0.1, 0.15) is 22.9 Å². The second-order valence-electron chi connectivity index (χ2n) is 7.02. The SMILES string of the molecule is COc1ccc([C@H]2Nn3c(C)ccc3S[C@H]2C(=O)Nc2ccc(Br)cc2C)cc1. The fourth-order valence-electron chi connectivity index (χ4n) is 3.41. The maximum Gasteiger partial charge on any atom is 0.240 e. The molecule has 0 spiro atoms. The first kappa shape index (κ1) is 19.9. The van der Waals surface area contributed by atoms with Gasteiger partial charge in [0.05, 0.1) is 18.2 Å². The molecule has 2 atom stereocenters. The average Bonchev–Trinajstić information content (AvgIpc) is 3.09. The van der Waals surface area contributed by atoms with E-state index in [-0.39, 0.29) is 17.2 Å². The molecule has 4 rings (SSSR count). The summed E-state index contributed by atoms with van der Waals surface area (Å²) < 4.78 is 8.32. The number of hydrogen-bond donors (Lipinski definition) is 2. The number of rotatable bonds is 4. The van der Waals surface area contributed by atoms with E-state index < -0.39 is 0 Å². The number of carbonyl (C=O) groups excluding carboxylic acids is 1. The highest BCUT2D eigenvalue weighted by Crippen LogP contribution is 2.39. The molecule has 0 fully saturated rings. The second kappa shape index (κ2) is 8.16. The largest absolute Gasteiger partial charge is 0.497 e. The molecule has 0 unspecified atom stereocenters. The summed E-state index contributed by atoms with van der Waals surface area (Å²) in [4.78, 5) is 13.3. The van der Waals surface area contributed by atoms with Crippen molar-refractivity contribution >= 4 is 39.3 Å². The lowest BCUT2D eigenvalue weighted by atomic mass is 10.0. The Morgan fingerprint density at radius 3 is 2.59 bits per heavy atom. The topological polar surface area (TPSA) is 55.3 Å². The number of anilines is 1. The van der Waals surface area contributed by atoms with E-state index in [0.29, 0.717) is 0 Å². The van der Waals surface area contributed by atoms with Crippen LogP contribution in [0.25, 0.3) is 0 Å². The van der Waals surface area contributed by atoms with Crippen LogP contribution in [-0.2, 0) is 4.79 Å². The summed E-state index contributed by atoms with van der Waals surface area (Å²) in [5.74, 6) is 0.764. The number of nitrogens with one attached hydrogen (secondary N) is 2. The number of fused-ring (bicyclic) bond motifs is 1. The highest BCUT2D eigenvalue weighted by atomic mass is 79.9. The Morgan fingerprint density at radius 1 is 1.14 bits per heavy atom. The summed E-state index contributed by atoms with van der Waals surface area (Å²) >= 11 is 5.05. The Kier molecular flexibility index (Phi) is 5.61. The highest BCUT2D eigenvalue weighted by molar-refractivity contribution is 9.10. The molecule has 1 aliphatic rings. The summed E-state index contributed by atoms with van der Waals surface area (Å²) in [6.45, 7) is 4.04. The Hall–Kier alpha value is -2.38. The zero-order valence-electron chi connectivity index (χ0n) is 16.4. The number of ether oxygens (including phenoxy) is 1. The van der Waals surface area contributed by atoms with E-state index in [1.165, 1.54) is 0 Å². The molecule has 0 radical (unpaired) electrons. The number of benzene rings is 2. The van der Waals surface area contributed by atoms with Crippen LogP contribution in [0.5, 0.6) is 5.75 Å². The molecule has 150 valence electrons. The molecule has 1 aliphatic heterocycles. The fraction of sp³-hybridized carbons (Fsp3) is 0.227. The van der Waals surface area contributed by atoms with Crippen molar-refractivity contribution in [1.82, 2.24) is 4.68 Å². The molecule has 0 aliphatic carbocycles. The van der Waals surface area contributed by atoms with Crippen LogP contribution in [0.3, 0.4) is 0 Å². The van der Waals surface area contributed by atoms with Gasteiger partial charge in [-0.1, -0.05) is 39.8 Å². The molecule has 7 heteroatoms. The molecule has 0 bridgehead atoms. The van der Waals surface area contributed by atoms with Crippen molar-refractivity contribution in [2.45, 2.75) is 30.2 Å². The first-order valence-electron chi connectivity index (χ1n) is 9.29. The van der Waals surface area contributed by atoms with Crippen LogP contribution in [0.2, 0.25) is 0 Å². The first-order valence-corrected chi connectivity index (χ1v) is 11.0. The van der Waals surface area contributed by atoms with Crippen LogP contribution in [0.4, 0.5) is 5.69 Å². The van der Waals surface area contributed by atoms with Gasteiger partial charge in [0, 0.05) is 15.9 Å². The maximum atomic E-state index is 13.3. The summed E-state index contributed by atoms with van der Waals surface area (Å²) in [6, 6.07) is 17.6. The van der Waals surface area contributed by atoms with E-state index in [1.54, 1.807) is 18.9 Å². The van der Waals surface area contributed by atoms with E-state index in [4.69, 9.17) is 4.74 Å². The van der Waals surface area contributed by atoms with Crippen LogP contribution < -0.4 is 15.5 Å². The number of halogens is 1. The van der Waals surface area contributed by atoms with Gasteiger partial charge in [0.2, 0.25) is 5.91 Å². The van der Waals surface area contributed by atoms with Gasteiger partial charge in [-0.15, -0.1) is 0 Å². The molecule has 3 aromatic rings. The van der Waals surface area contributed by atoms with E-state index >= 15 is 0 Å². The van der Waals surface area contributed by atoms with Gasteiger partial charge in [-0.25, -0.2) is 0 Å². The van der Waals surface area contributed by atoms with Gasteiger partial charge in [0.15, 0.2) is 0 Å². The normalized spacial score (nSPS) is 17.9. The predicted molar refractivity (Wildman–Crippen MR) is 121 cm³/mol. The lowest BCUT2D eigenvalue weighted by Gasteiger charge is -2.34. The molecule has 0 saturated heterocycles. The standard InChI is InChI=1S/C22H22BrN3O2S/c1-13-12-16(23)7-10-18(13)24-22(27)21-20(15-5-8-17(28-3)9-6-15)25-26-14(2)4-11-19(26)29-21/h4-12,20-21,25H,1-3H3,(H,24,27)/t20-,21-/m1/s1. The third kappa shape index (κ3) is 4.02. The van der Waals surface area contributed by atoms with Crippen molar-refractivity contribution in [2.24, 2.45) is 0 Å². The lowest BCUT2D eigenvalue weighted by molar-refractivity contribution is -0.116. The van der Waals surface area contributed by atoms with E-state index in [1.807, 2.05) is 67.1 Å². The molecule has 2 heterocycles. The Bertz CT molecular complexity index is 1050. The molecular weight excluding hydrogens is 450 g/mol. The van der Waals surface area contributed by atoms with Crippen LogP contribution in [-0.4, -0.2) is 22.9 Å². The van der Waals surface area contributed by atoms with Crippen LogP contribution in [0.15, 0.2) is 64.1 Å². The number of amides is 1. The summed E-state index contributed by atoms with van der Waals surface area (Å²) in [5, 5.41) is 3.81. The van der Waals surface area contributed by atoms with E-state index in [2.05, 4.69) is 32.7 Å². The van der Waals surface area contributed by atoms with E-state index in [9.17, 15) is 4.79 Å². The van der Waals surface area contributed by atoms with Gasteiger partial charge in [-0.2, -0.15) is 0 Å². The van der Waals surface area contributed by atoms with Gasteiger partial charge in [0.25, 0.3) is 0 Å². The van der Waals surface area contributed by atoms with Crippen molar-refractivity contribution in [3.8, 4) is 5.75 Å². The number of nitrogens with zero attached hydrogens (tertiary/aromatic N) is 1. The molecule has 2 N–H and O–H groups in total. The van der Waals surface area contributed by atoms with Crippen molar-refractivity contribution < 1.29 is 9.53 Å². The third-order valence-electron chi connectivity index (χ3n) is 5.04. The monoisotopic (exact) mass is 471 g/mol. The van der Waals surface area contributed by atoms with Crippen molar-refractivity contribution in [2.75, 3.05) is 17.9 Å². The Morgan fingerprint density at radius 2 is 1.90 bits per heavy atom. The summed E-state index contributed by atoms with van der Waals surface area (Å²) in [6.07, 6.45) is 0. The van der Waals surface area contributed by atoms with E-state index in [0.717, 1.165) is 37.8 Å².